The highest BCUT2D eigenvalue weighted by atomic mass is 32.2. The monoisotopic (exact) mass is 692 g/mol. The van der Waals surface area contributed by atoms with Crippen molar-refractivity contribution in [3.05, 3.63) is 41.0 Å². The first-order valence-corrected chi connectivity index (χ1v) is 17.3. The first-order chi connectivity index (χ1) is 22.5. The summed E-state index contributed by atoms with van der Waals surface area (Å²) in [5.74, 6) is -0.440. The summed E-state index contributed by atoms with van der Waals surface area (Å²) in [6, 6.07) is 4.33. The van der Waals surface area contributed by atoms with Gasteiger partial charge in [0, 0.05) is 47.6 Å². The predicted molar refractivity (Wildman–Crippen MR) is 172 cm³/mol. The Morgan fingerprint density at radius 3 is 2.77 bits per heavy atom. The van der Waals surface area contributed by atoms with Crippen LogP contribution in [0, 0.1) is 23.0 Å². The lowest BCUT2D eigenvalue weighted by molar-refractivity contribution is -0.137. The molecule has 47 heavy (non-hydrogen) atoms. The van der Waals surface area contributed by atoms with Crippen molar-refractivity contribution >= 4 is 54.9 Å². The van der Waals surface area contributed by atoms with E-state index in [1.54, 1.807) is 11.8 Å². The Kier molecular flexibility index (Phi) is 8.12. The lowest BCUT2D eigenvalue weighted by Crippen LogP contribution is -2.43. The van der Waals surface area contributed by atoms with Gasteiger partial charge in [0.1, 0.15) is 41.0 Å². The highest BCUT2D eigenvalue weighted by Crippen LogP contribution is 2.48. The number of hydrogen-bond acceptors (Lipinski definition) is 9. The highest BCUT2D eigenvalue weighted by molar-refractivity contribution is 7.99. The molecule has 248 valence electrons. The van der Waals surface area contributed by atoms with Crippen LogP contribution in [0.4, 0.5) is 37.2 Å². The van der Waals surface area contributed by atoms with Gasteiger partial charge in [0.15, 0.2) is 5.82 Å². The largest absolute Gasteiger partial charge is 0.461 e. The topological polar surface area (TPSA) is 91.3 Å². The van der Waals surface area contributed by atoms with E-state index >= 15 is 4.39 Å². The van der Waals surface area contributed by atoms with Crippen LogP contribution in [-0.4, -0.2) is 70.4 Å². The van der Waals surface area contributed by atoms with E-state index in [0.717, 1.165) is 43.3 Å². The molecular weight excluding hydrogens is 663 g/mol. The average Bonchev–Trinajstić information content (AvgIpc) is 3.81. The van der Waals surface area contributed by atoms with Gasteiger partial charge in [-0.15, -0.1) is 11.3 Å². The Hall–Kier alpha value is -3.48. The summed E-state index contributed by atoms with van der Waals surface area (Å²) < 4.78 is 97.0. The van der Waals surface area contributed by atoms with Crippen LogP contribution in [-0.2, 0) is 6.18 Å². The molecule has 3 aliphatic rings. The van der Waals surface area contributed by atoms with Gasteiger partial charge in [-0.25, -0.2) is 13.2 Å². The molecule has 0 bridgehead atoms. The fraction of sp³-hybridized carbons (Fsp3) is 0.469. The number of nitrogens with two attached hydrogens (primary N) is 1. The van der Waals surface area contributed by atoms with E-state index in [1.165, 1.54) is 0 Å². The third-order valence-electron chi connectivity index (χ3n) is 9.59. The van der Waals surface area contributed by atoms with Gasteiger partial charge in [-0.05, 0) is 56.2 Å². The molecule has 0 saturated carbocycles. The molecule has 0 spiro atoms. The molecule has 7 nitrogen and oxygen atoms in total. The number of nitrogen functional groups attached to an aromatic ring is 1. The van der Waals surface area contributed by atoms with Crippen molar-refractivity contribution in [2.45, 2.75) is 56.5 Å². The summed E-state index contributed by atoms with van der Waals surface area (Å²) in [4.78, 5) is 12.8. The number of benzene rings is 2. The number of thiophene rings is 1. The maximum absolute atomic E-state index is 17.0. The molecule has 3 atom stereocenters. The number of alkyl halides is 4. The van der Waals surface area contributed by atoms with Crippen molar-refractivity contribution in [1.82, 2.24) is 14.9 Å². The molecule has 5 heterocycles. The van der Waals surface area contributed by atoms with E-state index in [-0.39, 0.29) is 69.0 Å². The predicted octanol–water partition coefficient (Wildman–Crippen LogP) is 7.55. The number of ether oxygens (including phenoxy) is 1. The third-order valence-corrected chi connectivity index (χ3v) is 11.8. The van der Waals surface area contributed by atoms with Crippen LogP contribution in [0.25, 0.3) is 32.1 Å². The van der Waals surface area contributed by atoms with Crippen LogP contribution in [0.15, 0.2) is 18.2 Å². The molecule has 0 amide bonds. The van der Waals surface area contributed by atoms with Gasteiger partial charge >= 0.3 is 12.2 Å². The number of halogens is 6. The molecule has 4 aromatic rings. The number of hydrogen-bond donors (Lipinski definition) is 1. The Labute approximate surface area is 274 Å². The molecule has 7 rings (SSSR count). The Morgan fingerprint density at radius 2 is 2.06 bits per heavy atom. The second kappa shape index (κ2) is 11.9. The minimum atomic E-state index is -5.05. The summed E-state index contributed by atoms with van der Waals surface area (Å²) in [5, 5.41) is 9.34. The van der Waals surface area contributed by atoms with Crippen LogP contribution < -0.4 is 15.4 Å². The second-order valence-corrected chi connectivity index (χ2v) is 14.5. The van der Waals surface area contributed by atoms with Crippen molar-refractivity contribution in [2.75, 3.05) is 48.4 Å². The molecule has 2 aromatic carbocycles. The first kappa shape index (κ1) is 32.1. The van der Waals surface area contributed by atoms with Crippen molar-refractivity contribution in [3.63, 3.8) is 0 Å². The van der Waals surface area contributed by atoms with Crippen LogP contribution in [0.2, 0.25) is 0 Å². The molecule has 2 aromatic heterocycles. The molecule has 3 unspecified atom stereocenters. The van der Waals surface area contributed by atoms with E-state index < -0.39 is 46.2 Å². The van der Waals surface area contributed by atoms with Crippen LogP contribution in [0.1, 0.15) is 43.7 Å². The summed E-state index contributed by atoms with van der Waals surface area (Å²) in [6.07, 6.45) is -3.47. The molecule has 3 saturated heterocycles. The van der Waals surface area contributed by atoms with E-state index in [2.05, 4.69) is 9.97 Å². The minimum absolute atomic E-state index is 0.0389. The van der Waals surface area contributed by atoms with E-state index in [4.69, 9.17) is 10.5 Å². The summed E-state index contributed by atoms with van der Waals surface area (Å²) in [6.45, 7) is 3.27. The zero-order valence-electron chi connectivity index (χ0n) is 25.3. The van der Waals surface area contributed by atoms with Crippen molar-refractivity contribution in [1.29, 1.82) is 5.26 Å². The molecule has 15 heteroatoms. The Balaban J connectivity index is 1.47. The summed E-state index contributed by atoms with van der Waals surface area (Å²) in [7, 11) is 0. The average molecular weight is 693 g/mol. The minimum Gasteiger partial charge on any atom is -0.461 e. The Bertz CT molecular complexity index is 1920. The molecule has 2 N–H and O–H groups in total. The lowest BCUT2D eigenvalue weighted by Gasteiger charge is -2.32. The normalized spacial score (nSPS) is 23.1. The first-order valence-electron chi connectivity index (χ1n) is 15.3. The number of anilines is 2. The standard InChI is InChI=1S/C32H30F6N6OS2/c1-2-44(17-6-9-46-14-17)29-19-10-21(32(36,37)38)24(18-4-5-22(34)27-23(18)20(12-39)28(40)47-27)25(35)26(19)41-30(42-29)45-15-31-7-3-8-43(31)13-16(33)11-31/h4-5,10,16-17H,2-3,6-9,11,13-15,40H2,1H3. The SMILES string of the molecule is CCN(c1nc(OCC23CCCN2CC(F)C3)nc2c(F)c(-c3ccc(F)c4sc(N)c(C#N)c34)c(C(F)(F)F)cc12)C1CCSC1. The van der Waals surface area contributed by atoms with Crippen molar-refractivity contribution in [3.8, 4) is 23.2 Å². The fourth-order valence-corrected chi connectivity index (χ4v) is 9.64. The maximum atomic E-state index is 17.0. The highest BCUT2D eigenvalue weighted by Gasteiger charge is 2.49. The molecule has 3 aliphatic heterocycles. The van der Waals surface area contributed by atoms with Gasteiger partial charge in [0.05, 0.1) is 21.4 Å². The summed E-state index contributed by atoms with van der Waals surface area (Å²) >= 11 is 2.41. The van der Waals surface area contributed by atoms with E-state index in [9.17, 15) is 27.2 Å². The van der Waals surface area contributed by atoms with Gasteiger partial charge in [0.2, 0.25) is 0 Å². The molecular formula is C32H30F6N6OS2. The zero-order valence-corrected chi connectivity index (χ0v) is 26.9. The number of nitrogens with zero attached hydrogens (tertiary/aromatic N) is 5. The number of nitriles is 1. The van der Waals surface area contributed by atoms with E-state index in [0.29, 0.717) is 30.1 Å². The number of rotatable bonds is 7. The molecule has 3 fully saturated rings. The van der Waals surface area contributed by atoms with E-state index in [1.807, 2.05) is 22.8 Å². The summed E-state index contributed by atoms with van der Waals surface area (Å²) in [5.41, 5.74) is 2.20. The van der Waals surface area contributed by atoms with Gasteiger partial charge in [-0.2, -0.15) is 40.2 Å². The molecule has 0 radical (unpaired) electrons. The second-order valence-electron chi connectivity index (χ2n) is 12.3. The van der Waals surface area contributed by atoms with Crippen molar-refractivity contribution < 1.29 is 31.1 Å². The van der Waals surface area contributed by atoms with Crippen LogP contribution in [0.3, 0.4) is 0 Å². The smallest absolute Gasteiger partial charge is 0.417 e. The van der Waals surface area contributed by atoms with Crippen LogP contribution >= 0.6 is 23.1 Å². The fourth-order valence-electron chi connectivity index (χ4n) is 7.47. The number of fused-ring (bicyclic) bond motifs is 3. The maximum Gasteiger partial charge on any atom is 0.417 e. The van der Waals surface area contributed by atoms with Gasteiger partial charge < -0.3 is 15.4 Å². The van der Waals surface area contributed by atoms with Gasteiger partial charge in [0.25, 0.3) is 0 Å². The number of thioether (sulfide) groups is 1. The van der Waals surface area contributed by atoms with Crippen LogP contribution in [0.5, 0.6) is 6.01 Å². The zero-order chi connectivity index (χ0) is 33.2. The number of aromatic nitrogens is 2. The third kappa shape index (κ3) is 5.32. The van der Waals surface area contributed by atoms with Gasteiger partial charge in [-0.1, -0.05) is 6.07 Å². The lowest BCUT2D eigenvalue weighted by atomic mass is 9.92. The van der Waals surface area contributed by atoms with Crippen molar-refractivity contribution in [2.24, 2.45) is 0 Å². The molecule has 0 aliphatic carbocycles. The van der Waals surface area contributed by atoms with Gasteiger partial charge in [-0.3, -0.25) is 4.90 Å². The Morgan fingerprint density at radius 1 is 1.26 bits per heavy atom. The quantitative estimate of drug-likeness (QED) is 0.199.